The van der Waals surface area contributed by atoms with Crippen LogP contribution in [-0.2, 0) is 4.79 Å². The van der Waals surface area contributed by atoms with E-state index >= 15 is 0 Å². The first kappa shape index (κ1) is 14.7. The Morgan fingerprint density at radius 3 is 2.42 bits per heavy atom. The van der Waals surface area contributed by atoms with Crippen molar-refractivity contribution in [3.63, 3.8) is 0 Å². The summed E-state index contributed by atoms with van der Waals surface area (Å²) >= 11 is 0. The molecule has 100 valence electrons. The minimum absolute atomic E-state index is 0.227. The Labute approximate surface area is 112 Å². The molecule has 5 heteroatoms. The van der Waals surface area contributed by atoms with Crippen molar-refractivity contribution < 1.29 is 9.59 Å². The van der Waals surface area contributed by atoms with E-state index < -0.39 is 11.9 Å². The number of hydrogen-bond donors (Lipinski definition) is 2. The number of rotatable bonds is 5. The van der Waals surface area contributed by atoms with Gasteiger partial charge in [-0.3, -0.25) is 14.9 Å². The topological polar surface area (TPSA) is 82.0 Å². The third-order valence-corrected chi connectivity index (χ3v) is 2.54. The first-order valence-corrected chi connectivity index (χ1v) is 6.09. The molecular formula is C14H17N3O2. The molecule has 2 amide bonds. The zero-order valence-corrected chi connectivity index (χ0v) is 11.0. The van der Waals surface area contributed by atoms with Crippen molar-refractivity contribution >= 4 is 11.8 Å². The number of amides is 2. The van der Waals surface area contributed by atoms with Gasteiger partial charge in [0.15, 0.2) is 6.19 Å². The highest BCUT2D eigenvalue weighted by atomic mass is 16.2. The second-order valence-corrected chi connectivity index (χ2v) is 4.62. The number of carbonyl (C=O) groups excluding carboxylic acids is 2. The number of nitrogens with one attached hydrogen (secondary N) is 2. The fraction of sp³-hybridized carbons (Fsp3) is 0.357. The molecule has 0 fully saturated rings. The van der Waals surface area contributed by atoms with E-state index in [1.807, 2.05) is 19.9 Å². The number of benzene rings is 1. The van der Waals surface area contributed by atoms with E-state index in [1.165, 1.54) is 0 Å². The van der Waals surface area contributed by atoms with Crippen LogP contribution in [0.2, 0.25) is 0 Å². The Kier molecular flexibility index (Phi) is 5.55. The van der Waals surface area contributed by atoms with Crippen LogP contribution in [0.1, 0.15) is 30.6 Å². The predicted octanol–water partition coefficient (Wildman–Crippen LogP) is 1.43. The van der Waals surface area contributed by atoms with Crippen molar-refractivity contribution in [3.05, 3.63) is 35.9 Å². The summed E-state index contributed by atoms with van der Waals surface area (Å²) in [5, 5.41) is 13.2. The molecule has 1 rings (SSSR count). The van der Waals surface area contributed by atoms with Crippen molar-refractivity contribution in [2.45, 2.75) is 26.3 Å². The van der Waals surface area contributed by atoms with Gasteiger partial charge in [0, 0.05) is 5.56 Å². The average molecular weight is 259 g/mol. The third-order valence-electron chi connectivity index (χ3n) is 2.54. The van der Waals surface area contributed by atoms with E-state index in [1.54, 1.807) is 30.5 Å². The van der Waals surface area contributed by atoms with Crippen LogP contribution < -0.4 is 10.6 Å². The third kappa shape index (κ3) is 4.80. The van der Waals surface area contributed by atoms with Gasteiger partial charge in [0.2, 0.25) is 0 Å². The van der Waals surface area contributed by atoms with Gasteiger partial charge in [-0.1, -0.05) is 32.0 Å². The summed E-state index contributed by atoms with van der Waals surface area (Å²) in [7, 11) is 0. The molecule has 0 aliphatic rings. The zero-order valence-electron chi connectivity index (χ0n) is 11.0. The van der Waals surface area contributed by atoms with Crippen molar-refractivity contribution in [3.8, 4) is 6.19 Å². The van der Waals surface area contributed by atoms with E-state index in [9.17, 15) is 9.59 Å². The Hall–Kier alpha value is -2.35. The van der Waals surface area contributed by atoms with Gasteiger partial charge in [-0.15, -0.1) is 0 Å². The van der Waals surface area contributed by atoms with E-state index in [0.717, 1.165) is 0 Å². The molecule has 0 aromatic heterocycles. The van der Waals surface area contributed by atoms with Gasteiger partial charge in [0.25, 0.3) is 11.8 Å². The quantitative estimate of drug-likeness (QED) is 0.620. The lowest BCUT2D eigenvalue weighted by molar-refractivity contribution is -0.122. The molecule has 0 saturated carbocycles. The molecule has 0 aliphatic heterocycles. The molecule has 19 heavy (non-hydrogen) atoms. The molecule has 1 aromatic carbocycles. The zero-order chi connectivity index (χ0) is 14.3. The van der Waals surface area contributed by atoms with Crippen LogP contribution in [0.5, 0.6) is 0 Å². The summed E-state index contributed by atoms with van der Waals surface area (Å²) in [4.78, 5) is 23.7. The van der Waals surface area contributed by atoms with Crippen LogP contribution >= 0.6 is 0 Å². The minimum atomic E-state index is -0.702. The van der Waals surface area contributed by atoms with Gasteiger partial charge in [-0.25, -0.2) is 0 Å². The SMILES string of the molecule is CC(C)C[C@H](NC(=O)c1ccccc1)C(=O)NC#N. The number of hydrogen-bond acceptors (Lipinski definition) is 3. The molecule has 0 aliphatic carbocycles. The maximum atomic E-state index is 12.0. The monoisotopic (exact) mass is 259 g/mol. The second kappa shape index (κ2) is 7.17. The van der Waals surface area contributed by atoms with Crippen LogP contribution in [0, 0.1) is 17.4 Å². The first-order chi connectivity index (χ1) is 9.04. The lowest BCUT2D eigenvalue weighted by Gasteiger charge is -2.18. The maximum absolute atomic E-state index is 12.0. The summed E-state index contributed by atoms with van der Waals surface area (Å²) in [6.45, 7) is 3.89. The molecule has 0 radical (unpaired) electrons. The van der Waals surface area contributed by atoms with E-state index in [-0.39, 0.29) is 11.8 Å². The van der Waals surface area contributed by atoms with Gasteiger partial charge in [-0.05, 0) is 24.5 Å². The largest absolute Gasteiger partial charge is 0.340 e. The lowest BCUT2D eigenvalue weighted by atomic mass is 10.0. The molecule has 0 unspecified atom stereocenters. The summed E-state index contributed by atoms with van der Waals surface area (Å²) in [6.07, 6.45) is 2.06. The average Bonchev–Trinajstić information content (AvgIpc) is 2.38. The second-order valence-electron chi connectivity index (χ2n) is 4.62. The number of carbonyl (C=O) groups is 2. The summed E-state index contributed by atoms with van der Waals surface area (Å²) in [6, 6.07) is 7.95. The first-order valence-electron chi connectivity index (χ1n) is 6.09. The van der Waals surface area contributed by atoms with Crippen LogP contribution in [-0.4, -0.2) is 17.9 Å². The van der Waals surface area contributed by atoms with Gasteiger partial charge >= 0.3 is 0 Å². The predicted molar refractivity (Wildman–Crippen MR) is 70.9 cm³/mol. The highest BCUT2D eigenvalue weighted by Gasteiger charge is 2.22. The molecule has 1 atom stereocenters. The van der Waals surface area contributed by atoms with Crippen molar-refractivity contribution in [1.82, 2.24) is 10.6 Å². The van der Waals surface area contributed by atoms with Crippen LogP contribution in [0.25, 0.3) is 0 Å². The molecule has 2 N–H and O–H groups in total. The Morgan fingerprint density at radius 2 is 1.89 bits per heavy atom. The lowest BCUT2D eigenvalue weighted by Crippen LogP contribution is -2.46. The maximum Gasteiger partial charge on any atom is 0.255 e. The van der Waals surface area contributed by atoms with Gasteiger partial charge < -0.3 is 5.32 Å². The minimum Gasteiger partial charge on any atom is -0.340 e. The van der Waals surface area contributed by atoms with Crippen molar-refractivity contribution in [1.29, 1.82) is 5.26 Å². The van der Waals surface area contributed by atoms with Crippen molar-refractivity contribution in [2.24, 2.45) is 5.92 Å². The molecule has 0 heterocycles. The van der Waals surface area contributed by atoms with Crippen LogP contribution in [0.15, 0.2) is 30.3 Å². The van der Waals surface area contributed by atoms with E-state index in [4.69, 9.17) is 5.26 Å². The fourth-order valence-corrected chi connectivity index (χ4v) is 1.68. The smallest absolute Gasteiger partial charge is 0.255 e. The normalized spacial score (nSPS) is 11.5. The molecule has 0 spiro atoms. The molecule has 5 nitrogen and oxygen atoms in total. The Morgan fingerprint density at radius 1 is 1.26 bits per heavy atom. The highest BCUT2D eigenvalue weighted by molar-refractivity contribution is 5.97. The molecule has 1 aromatic rings. The fourth-order valence-electron chi connectivity index (χ4n) is 1.68. The number of nitrogens with zero attached hydrogens (tertiary/aromatic N) is 1. The van der Waals surface area contributed by atoms with Gasteiger partial charge in [0.05, 0.1) is 0 Å². The Bertz CT molecular complexity index is 477. The van der Waals surface area contributed by atoms with Crippen LogP contribution in [0.3, 0.4) is 0 Å². The standard InChI is InChI=1S/C14H17N3O2/c1-10(2)8-12(14(19)16-9-15)17-13(18)11-6-4-3-5-7-11/h3-7,10,12H,8H2,1-2H3,(H,16,19)(H,17,18)/t12-/m0/s1. The number of nitriles is 1. The molecule has 0 saturated heterocycles. The molecular weight excluding hydrogens is 242 g/mol. The van der Waals surface area contributed by atoms with Gasteiger partial charge in [-0.2, -0.15) is 5.26 Å². The summed E-state index contributed by atoms with van der Waals surface area (Å²) < 4.78 is 0. The molecule has 0 bridgehead atoms. The van der Waals surface area contributed by atoms with Gasteiger partial charge in [0.1, 0.15) is 6.04 Å². The Balaban J connectivity index is 2.75. The highest BCUT2D eigenvalue weighted by Crippen LogP contribution is 2.07. The van der Waals surface area contributed by atoms with Crippen LogP contribution in [0.4, 0.5) is 0 Å². The van der Waals surface area contributed by atoms with E-state index in [0.29, 0.717) is 12.0 Å². The summed E-state index contributed by atoms with van der Waals surface area (Å²) in [5.41, 5.74) is 0.487. The van der Waals surface area contributed by atoms with Crippen molar-refractivity contribution in [2.75, 3.05) is 0 Å². The van der Waals surface area contributed by atoms with E-state index in [2.05, 4.69) is 10.6 Å². The summed E-state index contributed by atoms with van der Waals surface area (Å²) in [5.74, 6) is -0.578.